The molecule has 0 aliphatic heterocycles. The van der Waals surface area contributed by atoms with Gasteiger partial charge in [0.25, 0.3) is 10.0 Å². The predicted molar refractivity (Wildman–Crippen MR) is 111 cm³/mol. The zero-order valence-corrected chi connectivity index (χ0v) is 16.8. The van der Waals surface area contributed by atoms with Crippen LogP contribution >= 0.6 is 11.6 Å². The van der Waals surface area contributed by atoms with Crippen LogP contribution in [0.3, 0.4) is 0 Å². The van der Waals surface area contributed by atoms with E-state index in [0.29, 0.717) is 29.7 Å². The quantitative estimate of drug-likeness (QED) is 0.552. The smallest absolute Gasteiger partial charge is 0.265 e. The van der Waals surface area contributed by atoms with Gasteiger partial charge in [0.15, 0.2) is 0 Å². The van der Waals surface area contributed by atoms with Crippen molar-refractivity contribution in [3.05, 3.63) is 83.4 Å². The number of nitrogens with one attached hydrogen (secondary N) is 1. The summed E-state index contributed by atoms with van der Waals surface area (Å²) in [6, 6.07) is 21.0. The number of halogens is 1. The zero-order valence-electron chi connectivity index (χ0n) is 15.3. The number of hydrogen-bond donors (Lipinski definition) is 1. The van der Waals surface area contributed by atoms with Crippen LogP contribution in [0, 0.1) is 0 Å². The van der Waals surface area contributed by atoms with Gasteiger partial charge in [0, 0.05) is 10.7 Å². The summed E-state index contributed by atoms with van der Waals surface area (Å²) in [7, 11) is -3.86. The van der Waals surface area contributed by atoms with E-state index in [2.05, 4.69) is 4.72 Å². The molecule has 28 heavy (non-hydrogen) atoms. The molecule has 0 spiro atoms. The normalized spacial score (nSPS) is 11.1. The van der Waals surface area contributed by atoms with E-state index >= 15 is 0 Å². The second kappa shape index (κ2) is 8.99. The molecule has 0 fully saturated rings. The Morgan fingerprint density at radius 1 is 0.929 bits per heavy atom. The lowest BCUT2D eigenvalue weighted by Gasteiger charge is -2.13. The molecular formula is C21H20ClNO4S. The maximum Gasteiger partial charge on any atom is 0.265 e. The van der Waals surface area contributed by atoms with Gasteiger partial charge in [-0.2, -0.15) is 0 Å². The Morgan fingerprint density at radius 2 is 1.64 bits per heavy atom. The lowest BCUT2D eigenvalue weighted by atomic mass is 10.2. The molecule has 3 aromatic carbocycles. The molecule has 0 unspecified atom stereocenters. The number of rotatable bonds is 8. The number of benzene rings is 3. The van der Waals surface area contributed by atoms with Gasteiger partial charge in [-0.05, 0) is 55.0 Å². The Hall–Kier alpha value is -2.70. The maximum absolute atomic E-state index is 12.8. The third-order valence-corrected chi connectivity index (χ3v) is 5.49. The Balaban J connectivity index is 1.72. The molecule has 0 aliphatic rings. The number of anilines is 1. The molecule has 1 N–H and O–H groups in total. The van der Waals surface area contributed by atoms with Crippen molar-refractivity contribution in [2.45, 2.75) is 18.4 Å². The van der Waals surface area contributed by atoms with E-state index in [9.17, 15) is 8.42 Å². The Labute approximate surface area is 169 Å². The van der Waals surface area contributed by atoms with Crippen LogP contribution in [0.2, 0.25) is 5.02 Å². The predicted octanol–water partition coefficient (Wildman–Crippen LogP) is 5.12. The van der Waals surface area contributed by atoms with Crippen LogP contribution < -0.4 is 14.2 Å². The first-order valence-electron chi connectivity index (χ1n) is 8.70. The highest BCUT2D eigenvalue weighted by Gasteiger charge is 2.20. The highest BCUT2D eigenvalue weighted by molar-refractivity contribution is 7.92. The zero-order chi connectivity index (χ0) is 20.0. The monoisotopic (exact) mass is 417 g/mol. The average Bonchev–Trinajstić information content (AvgIpc) is 2.69. The molecule has 0 amide bonds. The number of ether oxygens (including phenoxy) is 2. The lowest BCUT2D eigenvalue weighted by Crippen LogP contribution is -2.14. The SMILES string of the molecule is CCOc1ccc(Cl)cc1S(=O)(=O)Nc1ccc(OCc2ccccc2)cc1. The molecule has 3 aromatic rings. The minimum Gasteiger partial charge on any atom is -0.492 e. The molecule has 5 nitrogen and oxygen atoms in total. The summed E-state index contributed by atoms with van der Waals surface area (Å²) in [6.45, 7) is 2.57. The van der Waals surface area contributed by atoms with Crippen LogP contribution in [0.15, 0.2) is 77.7 Å². The first kappa shape index (κ1) is 20.0. The van der Waals surface area contributed by atoms with E-state index in [1.165, 1.54) is 6.07 Å². The van der Waals surface area contributed by atoms with Crippen molar-refractivity contribution in [3.63, 3.8) is 0 Å². The van der Waals surface area contributed by atoms with Gasteiger partial charge in [0.1, 0.15) is 23.0 Å². The second-order valence-corrected chi connectivity index (χ2v) is 8.02. The minimum atomic E-state index is -3.86. The van der Waals surface area contributed by atoms with Crippen LogP contribution in [-0.2, 0) is 16.6 Å². The van der Waals surface area contributed by atoms with Crippen molar-refractivity contribution in [1.82, 2.24) is 0 Å². The summed E-state index contributed by atoms with van der Waals surface area (Å²) in [4.78, 5) is -0.00810. The van der Waals surface area contributed by atoms with E-state index in [4.69, 9.17) is 21.1 Å². The van der Waals surface area contributed by atoms with Gasteiger partial charge in [-0.15, -0.1) is 0 Å². The Bertz CT molecular complexity index is 1020. The molecular weight excluding hydrogens is 398 g/mol. The molecule has 0 aliphatic carbocycles. The van der Waals surface area contributed by atoms with Gasteiger partial charge >= 0.3 is 0 Å². The summed E-state index contributed by atoms with van der Waals surface area (Å²) in [6.07, 6.45) is 0. The van der Waals surface area contributed by atoms with Crippen molar-refractivity contribution < 1.29 is 17.9 Å². The van der Waals surface area contributed by atoms with Gasteiger partial charge in [-0.3, -0.25) is 4.72 Å². The van der Waals surface area contributed by atoms with Gasteiger partial charge in [-0.25, -0.2) is 8.42 Å². The molecule has 0 saturated carbocycles. The molecule has 0 heterocycles. The van der Waals surface area contributed by atoms with Crippen molar-refractivity contribution in [1.29, 1.82) is 0 Å². The van der Waals surface area contributed by atoms with Crippen molar-refractivity contribution in [3.8, 4) is 11.5 Å². The molecule has 7 heteroatoms. The maximum atomic E-state index is 12.8. The molecule has 0 radical (unpaired) electrons. The lowest BCUT2D eigenvalue weighted by molar-refractivity contribution is 0.306. The van der Waals surface area contributed by atoms with Gasteiger partial charge in [0.2, 0.25) is 0 Å². The van der Waals surface area contributed by atoms with Crippen LogP contribution in [0.4, 0.5) is 5.69 Å². The molecule has 0 bridgehead atoms. The van der Waals surface area contributed by atoms with Crippen LogP contribution in [0.1, 0.15) is 12.5 Å². The summed E-state index contributed by atoms with van der Waals surface area (Å²) in [5.74, 6) is 0.895. The number of hydrogen-bond acceptors (Lipinski definition) is 4. The first-order valence-corrected chi connectivity index (χ1v) is 10.6. The Kier molecular flexibility index (Phi) is 6.44. The fraction of sp³-hybridized carbons (Fsp3) is 0.143. The van der Waals surface area contributed by atoms with Crippen LogP contribution in [0.5, 0.6) is 11.5 Å². The summed E-state index contributed by atoms with van der Waals surface area (Å²) < 4.78 is 39.2. The molecule has 0 saturated heterocycles. The van der Waals surface area contributed by atoms with Crippen molar-refractivity contribution in [2.24, 2.45) is 0 Å². The fourth-order valence-corrected chi connectivity index (χ4v) is 4.00. The van der Waals surface area contributed by atoms with E-state index < -0.39 is 10.0 Å². The number of sulfonamides is 1. The average molecular weight is 418 g/mol. The van der Waals surface area contributed by atoms with Gasteiger partial charge in [-0.1, -0.05) is 41.9 Å². The summed E-state index contributed by atoms with van der Waals surface area (Å²) in [5.41, 5.74) is 1.46. The van der Waals surface area contributed by atoms with Gasteiger partial charge in [0.05, 0.1) is 6.61 Å². The summed E-state index contributed by atoms with van der Waals surface area (Å²) in [5, 5.41) is 0.313. The van der Waals surface area contributed by atoms with Crippen molar-refractivity contribution in [2.75, 3.05) is 11.3 Å². The van der Waals surface area contributed by atoms with Crippen LogP contribution in [-0.4, -0.2) is 15.0 Å². The largest absolute Gasteiger partial charge is 0.492 e. The standard InChI is InChI=1S/C21H20ClNO4S/c1-2-26-20-13-8-17(22)14-21(20)28(24,25)23-18-9-11-19(12-10-18)27-15-16-6-4-3-5-7-16/h3-14,23H,2,15H2,1H3. The van der Waals surface area contributed by atoms with E-state index in [1.807, 2.05) is 30.3 Å². The van der Waals surface area contributed by atoms with Crippen molar-refractivity contribution >= 4 is 27.3 Å². The van der Waals surface area contributed by atoms with E-state index in [-0.39, 0.29) is 10.6 Å². The molecule has 0 aromatic heterocycles. The van der Waals surface area contributed by atoms with Gasteiger partial charge < -0.3 is 9.47 Å². The topological polar surface area (TPSA) is 64.6 Å². The summed E-state index contributed by atoms with van der Waals surface area (Å²) >= 11 is 5.97. The highest BCUT2D eigenvalue weighted by atomic mass is 35.5. The second-order valence-electron chi connectivity index (χ2n) is 5.93. The Morgan fingerprint density at radius 3 is 2.32 bits per heavy atom. The van der Waals surface area contributed by atoms with E-state index in [0.717, 1.165) is 5.56 Å². The van der Waals surface area contributed by atoms with Crippen LogP contribution in [0.25, 0.3) is 0 Å². The minimum absolute atomic E-state index is 0.00810. The third-order valence-electron chi connectivity index (χ3n) is 3.85. The first-order chi connectivity index (χ1) is 13.5. The molecule has 146 valence electrons. The highest BCUT2D eigenvalue weighted by Crippen LogP contribution is 2.29. The molecule has 0 atom stereocenters. The fourth-order valence-electron chi connectivity index (χ4n) is 2.54. The van der Waals surface area contributed by atoms with E-state index in [1.54, 1.807) is 43.3 Å². The molecule has 3 rings (SSSR count). The third kappa shape index (κ3) is 5.18.